The summed E-state index contributed by atoms with van der Waals surface area (Å²) in [5, 5.41) is 12.2. The van der Waals surface area contributed by atoms with Crippen molar-refractivity contribution in [2.75, 3.05) is 5.32 Å². The molecule has 1 heterocycles. The molecule has 1 unspecified atom stereocenters. The maximum absolute atomic E-state index is 12.7. The van der Waals surface area contributed by atoms with Crippen molar-refractivity contribution in [3.8, 4) is 0 Å². The number of carboxylic acids is 1. The molecule has 32 heavy (non-hydrogen) atoms. The van der Waals surface area contributed by atoms with Crippen molar-refractivity contribution in [1.29, 1.82) is 0 Å². The number of nitrogens with one attached hydrogen (secondary N) is 1. The molecule has 4 nitrogen and oxygen atoms in total. The number of thioether (sulfide) groups is 1. The predicted octanol–water partition coefficient (Wildman–Crippen LogP) is 7.44. The second-order valence-corrected chi connectivity index (χ2v) is 9.99. The van der Waals surface area contributed by atoms with Gasteiger partial charge in [-0.3, -0.25) is 4.79 Å². The van der Waals surface area contributed by atoms with E-state index in [4.69, 9.17) is 0 Å². The SMILES string of the molecule is CCCCCCC(Sc1nc2ccc(NCc3ccc(C(F)(F)F)cc3)cc2s1)C(=O)O. The topological polar surface area (TPSA) is 62.2 Å². The van der Waals surface area contributed by atoms with E-state index in [-0.39, 0.29) is 0 Å². The first-order chi connectivity index (χ1) is 15.3. The number of benzene rings is 2. The molecule has 172 valence electrons. The Kier molecular flexibility index (Phi) is 8.42. The molecule has 1 atom stereocenters. The Bertz CT molecular complexity index is 1040. The monoisotopic (exact) mass is 482 g/mol. The summed E-state index contributed by atoms with van der Waals surface area (Å²) in [6, 6.07) is 10.7. The molecular formula is C23H25F3N2O2S2. The van der Waals surface area contributed by atoms with Crippen LogP contribution in [0, 0.1) is 0 Å². The maximum Gasteiger partial charge on any atom is 0.416 e. The van der Waals surface area contributed by atoms with Crippen LogP contribution in [0.25, 0.3) is 10.2 Å². The number of carboxylic acid groups (broad SMARTS) is 1. The zero-order chi connectivity index (χ0) is 23.1. The van der Waals surface area contributed by atoms with Gasteiger partial charge >= 0.3 is 12.1 Å². The van der Waals surface area contributed by atoms with E-state index < -0.39 is 23.0 Å². The molecule has 0 radical (unpaired) electrons. The molecule has 1 aromatic heterocycles. The fraction of sp³-hybridized carbons (Fsp3) is 0.391. The van der Waals surface area contributed by atoms with Crippen LogP contribution in [0.5, 0.6) is 0 Å². The van der Waals surface area contributed by atoms with Crippen molar-refractivity contribution in [2.24, 2.45) is 0 Å². The van der Waals surface area contributed by atoms with E-state index in [0.29, 0.717) is 13.0 Å². The van der Waals surface area contributed by atoms with E-state index in [1.807, 2.05) is 18.2 Å². The largest absolute Gasteiger partial charge is 0.480 e. The van der Waals surface area contributed by atoms with Crippen molar-refractivity contribution in [2.45, 2.75) is 61.3 Å². The minimum absolute atomic E-state index is 0.392. The summed E-state index contributed by atoms with van der Waals surface area (Å²) in [5.74, 6) is -0.815. The van der Waals surface area contributed by atoms with Gasteiger partial charge in [0.1, 0.15) is 5.25 Å². The van der Waals surface area contributed by atoms with E-state index in [9.17, 15) is 23.1 Å². The van der Waals surface area contributed by atoms with Crippen molar-refractivity contribution in [3.05, 3.63) is 53.6 Å². The van der Waals surface area contributed by atoms with Crippen LogP contribution in [-0.4, -0.2) is 21.3 Å². The number of thiazole rings is 1. The van der Waals surface area contributed by atoms with Crippen LogP contribution in [0.3, 0.4) is 0 Å². The van der Waals surface area contributed by atoms with Gasteiger partial charge in [0.05, 0.1) is 15.8 Å². The summed E-state index contributed by atoms with van der Waals surface area (Å²) >= 11 is 2.75. The summed E-state index contributed by atoms with van der Waals surface area (Å²) in [6.45, 7) is 2.51. The molecule has 0 amide bonds. The Morgan fingerprint density at radius 3 is 2.56 bits per heavy atom. The van der Waals surface area contributed by atoms with Gasteiger partial charge in [-0.25, -0.2) is 4.98 Å². The zero-order valence-corrected chi connectivity index (χ0v) is 19.2. The van der Waals surface area contributed by atoms with Gasteiger partial charge in [0.15, 0.2) is 4.34 Å². The Morgan fingerprint density at radius 2 is 1.91 bits per heavy atom. The van der Waals surface area contributed by atoms with Gasteiger partial charge in [-0.05, 0) is 42.3 Å². The number of fused-ring (bicyclic) bond motifs is 1. The van der Waals surface area contributed by atoms with Crippen LogP contribution in [0.15, 0.2) is 46.8 Å². The Hall–Kier alpha value is -2.26. The highest BCUT2D eigenvalue weighted by Crippen LogP contribution is 2.35. The number of unbranched alkanes of at least 4 members (excludes halogenated alkanes) is 3. The highest BCUT2D eigenvalue weighted by Gasteiger charge is 2.29. The lowest BCUT2D eigenvalue weighted by Gasteiger charge is -2.09. The van der Waals surface area contributed by atoms with Crippen LogP contribution < -0.4 is 5.32 Å². The molecule has 0 saturated heterocycles. The fourth-order valence-electron chi connectivity index (χ4n) is 3.19. The number of hydrogen-bond donors (Lipinski definition) is 2. The lowest BCUT2D eigenvalue weighted by molar-refractivity contribution is -0.138. The molecule has 0 saturated carbocycles. The molecule has 0 bridgehead atoms. The number of nitrogens with zero attached hydrogens (tertiary/aromatic N) is 1. The van der Waals surface area contributed by atoms with Crippen LogP contribution in [0.4, 0.5) is 18.9 Å². The van der Waals surface area contributed by atoms with Crippen LogP contribution in [0.2, 0.25) is 0 Å². The fourth-order valence-corrected chi connectivity index (χ4v) is 5.52. The van der Waals surface area contributed by atoms with Gasteiger partial charge in [-0.15, -0.1) is 11.3 Å². The number of anilines is 1. The number of rotatable bonds is 11. The smallest absolute Gasteiger partial charge is 0.416 e. The first-order valence-corrected chi connectivity index (χ1v) is 12.2. The Morgan fingerprint density at radius 1 is 1.16 bits per heavy atom. The first-order valence-electron chi connectivity index (χ1n) is 10.5. The van der Waals surface area contributed by atoms with Crippen molar-refractivity contribution in [1.82, 2.24) is 4.98 Å². The van der Waals surface area contributed by atoms with Gasteiger partial charge in [0.2, 0.25) is 0 Å². The van der Waals surface area contributed by atoms with Crippen molar-refractivity contribution in [3.63, 3.8) is 0 Å². The lowest BCUT2D eigenvalue weighted by Crippen LogP contribution is -2.15. The standard InChI is InChI=1S/C23H25F3N2O2S2/c1-2-3-4-5-6-19(21(29)30)31-22-28-18-12-11-17(13-20(18)32-22)27-14-15-7-9-16(10-8-15)23(24,25)26/h7-13,19,27H,2-6,14H2,1H3,(H,29,30). The molecule has 3 aromatic rings. The first kappa shape index (κ1) is 24.4. The normalized spacial score (nSPS) is 12.8. The molecule has 9 heteroatoms. The summed E-state index contributed by atoms with van der Waals surface area (Å²) in [4.78, 5) is 16.2. The maximum atomic E-state index is 12.7. The van der Waals surface area contributed by atoms with Gasteiger partial charge in [0.25, 0.3) is 0 Å². The summed E-state index contributed by atoms with van der Waals surface area (Å²) in [5.41, 5.74) is 1.70. The van der Waals surface area contributed by atoms with E-state index in [2.05, 4.69) is 17.2 Å². The molecule has 0 fully saturated rings. The van der Waals surface area contributed by atoms with E-state index in [1.54, 1.807) is 0 Å². The van der Waals surface area contributed by atoms with Gasteiger partial charge in [0, 0.05) is 12.2 Å². The van der Waals surface area contributed by atoms with E-state index in [0.717, 1.165) is 63.6 Å². The van der Waals surface area contributed by atoms with Crippen molar-refractivity contribution >= 4 is 45.0 Å². The minimum atomic E-state index is -4.34. The number of halogens is 3. The molecule has 0 aliphatic rings. The summed E-state index contributed by atoms with van der Waals surface area (Å²) < 4.78 is 39.7. The highest BCUT2D eigenvalue weighted by molar-refractivity contribution is 8.02. The van der Waals surface area contributed by atoms with Crippen LogP contribution in [0.1, 0.15) is 50.2 Å². The third kappa shape index (κ3) is 6.87. The Labute approximate surface area is 193 Å². The average Bonchev–Trinajstić information content (AvgIpc) is 3.15. The molecule has 2 aromatic carbocycles. The molecule has 0 spiro atoms. The second kappa shape index (κ2) is 11.0. The summed E-state index contributed by atoms with van der Waals surface area (Å²) in [7, 11) is 0. The van der Waals surface area contributed by atoms with E-state index in [1.165, 1.54) is 35.2 Å². The van der Waals surface area contributed by atoms with Gasteiger partial charge in [-0.2, -0.15) is 13.2 Å². The van der Waals surface area contributed by atoms with Crippen LogP contribution in [-0.2, 0) is 17.5 Å². The predicted molar refractivity (Wildman–Crippen MR) is 124 cm³/mol. The van der Waals surface area contributed by atoms with Crippen LogP contribution >= 0.6 is 23.1 Å². The molecule has 0 aliphatic carbocycles. The molecule has 3 rings (SSSR count). The van der Waals surface area contributed by atoms with Gasteiger partial charge < -0.3 is 10.4 Å². The second-order valence-electron chi connectivity index (χ2n) is 7.50. The molecule has 2 N–H and O–H groups in total. The third-order valence-electron chi connectivity index (χ3n) is 4.99. The Balaban J connectivity index is 1.62. The summed E-state index contributed by atoms with van der Waals surface area (Å²) in [6.07, 6.45) is 0.428. The van der Waals surface area contributed by atoms with Crippen molar-refractivity contribution < 1.29 is 23.1 Å². The van der Waals surface area contributed by atoms with E-state index >= 15 is 0 Å². The number of alkyl halides is 3. The number of aliphatic carboxylic acids is 1. The zero-order valence-electron chi connectivity index (χ0n) is 17.6. The number of hydrogen-bond acceptors (Lipinski definition) is 5. The highest BCUT2D eigenvalue weighted by atomic mass is 32.2. The lowest BCUT2D eigenvalue weighted by atomic mass is 10.1. The molecule has 0 aliphatic heterocycles. The quantitative estimate of drug-likeness (QED) is 0.220. The average molecular weight is 483 g/mol. The molecular weight excluding hydrogens is 457 g/mol. The third-order valence-corrected chi connectivity index (χ3v) is 7.35. The number of aromatic nitrogens is 1. The number of carbonyl (C=O) groups is 1. The minimum Gasteiger partial charge on any atom is -0.480 e. The van der Waals surface area contributed by atoms with Gasteiger partial charge in [-0.1, -0.05) is 56.5 Å².